The second-order valence-corrected chi connectivity index (χ2v) is 4.44. The molecule has 1 aromatic heterocycles. The van der Waals surface area contributed by atoms with Crippen molar-refractivity contribution in [2.45, 2.75) is 26.3 Å². The van der Waals surface area contributed by atoms with Crippen LogP contribution in [0.5, 0.6) is 0 Å². The standard InChI is InChI=1S/C14H21N3O3/c1-4-10(2)16-14(19)12-7-5-6-11(17-12)13(18)15-8-9-20-3/h5-7,10H,4,8-9H2,1-3H3,(H,15,18)(H,16,19). The van der Waals surface area contributed by atoms with Crippen molar-refractivity contribution in [3.05, 3.63) is 29.6 Å². The molecule has 1 atom stereocenters. The van der Waals surface area contributed by atoms with E-state index < -0.39 is 0 Å². The van der Waals surface area contributed by atoms with Crippen molar-refractivity contribution in [2.75, 3.05) is 20.3 Å². The van der Waals surface area contributed by atoms with Gasteiger partial charge in [0.25, 0.3) is 11.8 Å². The first-order valence-corrected chi connectivity index (χ1v) is 6.63. The van der Waals surface area contributed by atoms with E-state index in [-0.39, 0.29) is 29.2 Å². The smallest absolute Gasteiger partial charge is 0.270 e. The highest BCUT2D eigenvalue weighted by atomic mass is 16.5. The zero-order valence-electron chi connectivity index (χ0n) is 12.1. The molecule has 0 spiro atoms. The highest BCUT2D eigenvalue weighted by molar-refractivity contribution is 5.96. The van der Waals surface area contributed by atoms with Gasteiger partial charge in [0.2, 0.25) is 0 Å². The predicted octanol–water partition coefficient (Wildman–Crippen LogP) is 0.986. The number of pyridine rings is 1. The van der Waals surface area contributed by atoms with Gasteiger partial charge in [-0.2, -0.15) is 0 Å². The summed E-state index contributed by atoms with van der Waals surface area (Å²) in [6.45, 7) is 4.73. The van der Waals surface area contributed by atoms with Crippen LogP contribution in [0.25, 0.3) is 0 Å². The van der Waals surface area contributed by atoms with Crippen molar-refractivity contribution < 1.29 is 14.3 Å². The van der Waals surface area contributed by atoms with Crippen LogP contribution >= 0.6 is 0 Å². The first-order valence-electron chi connectivity index (χ1n) is 6.63. The van der Waals surface area contributed by atoms with Gasteiger partial charge < -0.3 is 15.4 Å². The first kappa shape index (κ1) is 16.1. The van der Waals surface area contributed by atoms with Gasteiger partial charge in [-0.05, 0) is 25.5 Å². The van der Waals surface area contributed by atoms with Crippen LogP contribution in [0.15, 0.2) is 18.2 Å². The molecule has 0 bridgehead atoms. The number of methoxy groups -OCH3 is 1. The Kier molecular flexibility index (Phi) is 6.66. The van der Waals surface area contributed by atoms with Crippen LogP contribution in [0.1, 0.15) is 41.2 Å². The molecule has 0 aliphatic carbocycles. The first-order chi connectivity index (χ1) is 9.58. The molecule has 6 nitrogen and oxygen atoms in total. The van der Waals surface area contributed by atoms with Gasteiger partial charge >= 0.3 is 0 Å². The molecule has 2 N–H and O–H groups in total. The molecule has 0 saturated heterocycles. The van der Waals surface area contributed by atoms with Crippen LogP contribution < -0.4 is 10.6 Å². The quantitative estimate of drug-likeness (QED) is 0.729. The number of nitrogens with one attached hydrogen (secondary N) is 2. The minimum atomic E-state index is -0.319. The lowest BCUT2D eigenvalue weighted by Crippen LogP contribution is -2.33. The number of hydrogen-bond acceptors (Lipinski definition) is 4. The Hall–Kier alpha value is -1.95. The van der Waals surface area contributed by atoms with Crippen LogP contribution in [0.4, 0.5) is 0 Å². The summed E-state index contributed by atoms with van der Waals surface area (Å²) in [6, 6.07) is 4.87. The van der Waals surface area contributed by atoms with Crippen molar-refractivity contribution in [3.63, 3.8) is 0 Å². The van der Waals surface area contributed by atoms with E-state index in [1.807, 2.05) is 13.8 Å². The van der Waals surface area contributed by atoms with E-state index in [0.717, 1.165) is 6.42 Å². The summed E-state index contributed by atoms with van der Waals surface area (Å²) in [5.41, 5.74) is 0.461. The molecule has 110 valence electrons. The third-order valence-corrected chi connectivity index (χ3v) is 2.80. The van der Waals surface area contributed by atoms with Gasteiger partial charge in [0.1, 0.15) is 11.4 Å². The number of amides is 2. The van der Waals surface area contributed by atoms with Gasteiger partial charge in [0, 0.05) is 19.7 Å². The molecule has 1 heterocycles. The summed E-state index contributed by atoms with van der Waals surface area (Å²) in [6.07, 6.45) is 0.836. The summed E-state index contributed by atoms with van der Waals surface area (Å²) < 4.78 is 4.85. The normalized spacial score (nSPS) is 11.8. The summed E-state index contributed by atoms with van der Waals surface area (Å²) in [5, 5.41) is 5.47. The Morgan fingerprint density at radius 2 is 1.95 bits per heavy atom. The van der Waals surface area contributed by atoms with Gasteiger partial charge in [0.05, 0.1) is 6.61 Å². The fraction of sp³-hybridized carbons (Fsp3) is 0.500. The fourth-order valence-electron chi connectivity index (χ4n) is 1.44. The van der Waals surface area contributed by atoms with Crippen LogP contribution in [0, 0.1) is 0 Å². The fourth-order valence-corrected chi connectivity index (χ4v) is 1.44. The summed E-state index contributed by atoms with van der Waals surface area (Å²) in [4.78, 5) is 27.8. The van der Waals surface area contributed by atoms with Crippen LogP contribution in [-0.4, -0.2) is 43.1 Å². The SMILES string of the molecule is CCC(C)NC(=O)c1cccc(C(=O)NCCOC)n1. The van der Waals surface area contributed by atoms with Crippen molar-refractivity contribution in [1.29, 1.82) is 0 Å². The molecule has 0 aliphatic rings. The average Bonchev–Trinajstić information content (AvgIpc) is 2.47. The maximum Gasteiger partial charge on any atom is 0.270 e. The van der Waals surface area contributed by atoms with E-state index in [0.29, 0.717) is 13.2 Å². The minimum Gasteiger partial charge on any atom is -0.383 e. The number of ether oxygens (including phenoxy) is 1. The van der Waals surface area contributed by atoms with Gasteiger partial charge in [-0.3, -0.25) is 9.59 Å². The molecule has 0 aliphatic heterocycles. The molecule has 0 aromatic carbocycles. The number of hydrogen-bond donors (Lipinski definition) is 2. The van der Waals surface area contributed by atoms with Gasteiger partial charge in [-0.25, -0.2) is 4.98 Å². The average molecular weight is 279 g/mol. The Balaban J connectivity index is 2.70. The molecule has 20 heavy (non-hydrogen) atoms. The molecular weight excluding hydrogens is 258 g/mol. The molecule has 0 radical (unpaired) electrons. The minimum absolute atomic E-state index is 0.0727. The third kappa shape index (κ3) is 4.97. The largest absolute Gasteiger partial charge is 0.383 e. The van der Waals surface area contributed by atoms with Crippen molar-refractivity contribution in [1.82, 2.24) is 15.6 Å². The number of rotatable bonds is 7. The van der Waals surface area contributed by atoms with Crippen molar-refractivity contribution in [2.24, 2.45) is 0 Å². The molecule has 6 heteroatoms. The number of aromatic nitrogens is 1. The highest BCUT2D eigenvalue weighted by Crippen LogP contribution is 2.01. The van der Waals surface area contributed by atoms with Gasteiger partial charge in [-0.15, -0.1) is 0 Å². The van der Waals surface area contributed by atoms with Crippen LogP contribution in [0.3, 0.4) is 0 Å². The van der Waals surface area contributed by atoms with E-state index in [1.54, 1.807) is 25.3 Å². The predicted molar refractivity (Wildman–Crippen MR) is 75.7 cm³/mol. The maximum atomic E-state index is 11.9. The second-order valence-electron chi connectivity index (χ2n) is 4.44. The van der Waals surface area contributed by atoms with E-state index in [9.17, 15) is 9.59 Å². The van der Waals surface area contributed by atoms with Gasteiger partial charge in [-0.1, -0.05) is 13.0 Å². The number of carbonyl (C=O) groups is 2. The zero-order valence-corrected chi connectivity index (χ0v) is 12.1. The Labute approximate surface area is 118 Å². The number of carbonyl (C=O) groups excluding carboxylic acids is 2. The molecule has 0 saturated carbocycles. The lowest BCUT2D eigenvalue weighted by Gasteiger charge is -2.11. The lowest BCUT2D eigenvalue weighted by atomic mass is 10.2. The molecule has 1 unspecified atom stereocenters. The lowest BCUT2D eigenvalue weighted by molar-refractivity contribution is 0.0928. The Morgan fingerprint density at radius 3 is 2.55 bits per heavy atom. The van der Waals surface area contributed by atoms with Crippen molar-refractivity contribution in [3.8, 4) is 0 Å². The number of nitrogens with zero attached hydrogens (tertiary/aromatic N) is 1. The van der Waals surface area contributed by atoms with Crippen molar-refractivity contribution >= 4 is 11.8 Å². The Bertz CT molecular complexity index is 463. The highest BCUT2D eigenvalue weighted by Gasteiger charge is 2.13. The molecule has 0 fully saturated rings. The van der Waals surface area contributed by atoms with E-state index in [2.05, 4.69) is 15.6 Å². The van der Waals surface area contributed by atoms with E-state index in [1.165, 1.54) is 0 Å². The summed E-state index contributed by atoms with van der Waals surface area (Å²) >= 11 is 0. The summed E-state index contributed by atoms with van der Waals surface area (Å²) in [7, 11) is 1.56. The Morgan fingerprint density at radius 1 is 1.30 bits per heavy atom. The maximum absolute atomic E-state index is 11.9. The van der Waals surface area contributed by atoms with Gasteiger partial charge in [0.15, 0.2) is 0 Å². The molecule has 2 amide bonds. The second kappa shape index (κ2) is 8.27. The van der Waals surface area contributed by atoms with Crippen LogP contribution in [-0.2, 0) is 4.74 Å². The molecular formula is C14H21N3O3. The van der Waals surface area contributed by atoms with E-state index in [4.69, 9.17) is 4.74 Å². The molecule has 1 rings (SSSR count). The topological polar surface area (TPSA) is 80.3 Å². The molecule has 1 aromatic rings. The summed E-state index contributed by atoms with van der Waals surface area (Å²) in [5.74, 6) is -0.592. The van der Waals surface area contributed by atoms with Crippen LogP contribution in [0.2, 0.25) is 0 Å². The monoisotopic (exact) mass is 279 g/mol. The third-order valence-electron chi connectivity index (χ3n) is 2.80. The zero-order chi connectivity index (χ0) is 15.0. The van der Waals surface area contributed by atoms with E-state index >= 15 is 0 Å².